The van der Waals surface area contributed by atoms with Crippen molar-refractivity contribution >= 4 is 123 Å². The lowest BCUT2D eigenvalue weighted by molar-refractivity contribution is -0.118. The first-order valence-corrected chi connectivity index (χ1v) is 40.4. The van der Waals surface area contributed by atoms with Crippen LogP contribution in [0.15, 0.2) is 111 Å². The minimum Gasteiger partial charge on any atom is -0.496 e. The summed E-state index contributed by atoms with van der Waals surface area (Å²) in [6.45, 7) is 15.3. The largest absolute Gasteiger partial charge is 0.496 e. The van der Waals surface area contributed by atoms with Crippen LogP contribution in [0.2, 0.25) is 10.0 Å². The fraction of sp³-hybridized carbons (Fsp3) is 0.412. The Morgan fingerprint density at radius 2 is 0.975 bits per heavy atom. The monoisotopic (exact) mass is 1680 g/mol. The third kappa shape index (κ3) is 18.4. The predicted molar refractivity (Wildman–Crippen MR) is 455 cm³/mol. The summed E-state index contributed by atoms with van der Waals surface area (Å²) in [5.41, 5.74) is 5.76. The van der Waals surface area contributed by atoms with Gasteiger partial charge in [-0.05, 0) is 131 Å². The summed E-state index contributed by atoms with van der Waals surface area (Å²) in [4.78, 5) is 126. The number of methoxy groups -OCH3 is 4. The Morgan fingerprint density at radius 3 is 1.44 bits per heavy atom. The zero-order valence-electron chi connectivity index (χ0n) is 68.3. The van der Waals surface area contributed by atoms with Gasteiger partial charge in [-0.3, -0.25) is 48.6 Å². The van der Waals surface area contributed by atoms with Gasteiger partial charge < -0.3 is 60.9 Å². The fourth-order valence-corrected chi connectivity index (χ4v) is 16.3. The van der Waals surface area contributed by atoms with Gasteiger partial charge in [-0.2, -0.15) is 20.2 Å². The Hall–Kier alpha value is -12.4. The Labute approximate surface area is 704 Å². The molecule has 4 saturated carbocycles. The number of rotatable bonds is 24. The van der Waals surface area contributed by atoms with Gasteiger partial charge in [0.05, 0.1) is 107 Å². The molecule has 8 aliphatic rings. The van der Waals surface area contributed by atoms with Crippen LogP contribution in [0.5, 0.6) is 23.0 Å². The minimum absolute atomic E-state index is 0.0175. The number of hydrogen-bond acceptors (Lipinski definition) is 22. The van der Waals surface area contributed by atoms with Crippen molar-refractivity contribution < 1.29 is 61.6 Å². The van der Waals surface area contributed by atoms with Gasteiger partial charge in [0, 0.05) is 115 Å². The van der Waals surface area contributed by atoms with Crippen molar-refractivity contribution in [1.82, 2.24) is 45.9 Å². The van der Waals surface area contributed by atoms with Gasteiger partial charge in [-0.1, -0.05) is 80.8 Å². The quantitative estimate of drug-likeness (QED) is 0.0276. The van der Waals surface area contributed by atoms with Crippen LogP contribution < -0.4 is 85.6 Å². The maximum absolute atomic E-state index is 15.7. The zero-order chi connectivity index (χ0) is 85.5. The van der Waals surface area contributed by atoms with Crippen LogP contribution in [0.25, 0.3) is 0 Å². The summed E-state index contributed by atoms with van der Waals surface area (Å²) in [6.07, 6.45) is 20.2. The lowest BCUT2D eigenvalue weighted by atomic mass is 9.86. The van der Waals surface area contributed by atoms with Crippen LogP contribution in [0.3, 0.4) is 0 Å². The highest BCUT2D eigenvalue weighted by Crippen LogP contribution is 2.56. The molecule has 0 radical (unpaired) electrons. The normalized spacial score (nSPS) is 19.8. The van der Waals surface area contributed by atoms with Crippen molar-refractivity contribution in [3.63, 3.8) is 0 Å². The molecular formula is C85H97Cl2FN20O12. The highest BCUT2D eigenvalue weighted by molar-refractivity contribution is 6.36. The molecule has 2 unspecified atom stereocenters. The maximum Gasteiger partial charge on any atom is 0.330 e. The molecule has 32 nitrogen and oxygen atoms in total. The van der Waals surface area contributed by atoms with Gasteiger partial charge >= 0.3 is 18.1 Å². The number of urea groups is 3. The van der Waals surface area contributed by atoms with Gasteiger partial charge in [0.15, 0.2) is 11.6 Å². The summed E-state index contributed by atoms with van der Waals surface area (Å²) in [7, 11) is 11.0. The number of nitriles is 1. The Morgan fingerprint density at radius 1 is 0.550 bits per heavy atom. The number of nitrogens with zero attached hydrogens (tertiary/aromatic N) is 13. The molecule has 5 fully saturated rings. The standard InChI is InChI=1S/C31H31ClN8O4.C27H33ClN6O4.C27H33FN6O4/c1-5-26(41)36-23-15-44-16-24(23)37-29-34-13-19-14-40(30(43)39(4)27(19)38-29)25-11-18(9-10-22(25)32)28(42)35-21-8-6-7-20(12-21)31(2,3)17-33;2*1-5-21(35)30-17-8-6-7-9-18(17)31-26-29-13-16-14-34(27(36)33(2)25(16)32-26)24-22(15-10-11-15)19(37-3)12-20(38-4)23(24)28/h5-13,23-24H,1,14-16H2,2-4H3,(H,35,42)(H,36,41)(H,34,37,38);2*5,12-13,15,17-18H,1,6-11,14H2,2-4H3,(H,30,35)(H,29,31,32)/t;2*17-,18+/m.00/s1. The Balaban J connectivity index is 0.000000156. The van der Waals surface area contributed by atoms with Crippen LogP contribution in [0.1, 0.15) is 146 Å². The van der Waals surface area contributed by atoms with Crippen LogP contribution in [0.4, 0.5) is 76.8 Å². The third-order valence-electron chi connectivity index (χ3n) is 22.5. The molecule has 7 aromatic rings. The van der Waals surface area contributed by atoms with Crippen molar-refractivity contribution in [1.29, 1.82) is 5.26 Å². The molecular weight excluding hydrogens is 1580 g/mol. The fourth-order valence-electron chi connectivity index (χ4n) is 15.7. The number of anilines is 10. The van der Waals surface area contributed by atoms with E-state index in [-0.39, 0.29) is 114 Å². The highest BCUT2D eigenvalue weighted by atomic mass is 35.5. The second-order valence-corrected chi connectivity index (χ2v) is 31.7. The zero-order valence-corrected chi connectivity index (χ0v) is 69.8. The number of carbonyl (C=O) groups excluding carboxylic acids is 7. The molecule has 4 aliphatic heterocycles. The topological polar surface area (TPSA) is 370 Å². The van der Waals surface area contributed by atoms with Gasteiger partial charge in [-0.15, -0.1) is 0 Å². The molecule has 1 saturated heterocycles. The van der Waals surface area contributed by atoms with E-state index in [1.54, 1.807) is 115 Å². The molecule has 35 heteroatoms. The number of fused-ring (bicyclic) bond motifs is 3. The van der Waals surface area contributed by atoms with Crippen molar-refractivity contribution in [3.8, 4) is 29.1 Å². The smallest absolute Gasteiger partial charge is 0.330 e. The second kappa shape index (κ2) is 36.8. The average Bonchev–Trinajstić information content (AvgIpc) is 1.33. The first kappa shape index (κ1) is 85.5. The Bertz CT molecular complexity index is 5030. The van der Waals surface area contributed by atoms with Crippen molar-refractivity contribution in [3.05, 3.63) is 166 Å². The highest BCUT2D eigenvalue weighted by Gasteiger charge is 2.44. The number of carbonyl (C=O) groups is 7. The van der Waals surface area contributed by atoms with Crippen molar-refractivity contribution in [2.45, 2.75) is 164 Å². The maximum atomic E-state index is 15.7. The van der Waals surface area contributed by atoms with Crippen LogP contribution >= 0.6 is 23.2 Å². The van der Waals surface area contributed by atoms with Crippen molar-refractivity contribution in [2.75, 3.05) is 113 Å². The molecule has 120 heavy (non-hydrogen) atoms. The number of aromatic nitrogens is 6. The lowest BCUT2D eigenvalue weighted by Crippen LogP contribution is -2.49. The molecule has 0 spiro atoms. The van der Waals surface area contributed by atoms with E-state index in [9.17, 15) is 38.8 Å². The second-order valence-electron chi connectivity index (χ2n) is 30.9. The van der Waals surface area contributed by atoms with Gasteiger partial charge in [0.25, 0.3) is 5.91 Å². The molecule has 4 aliphatic carbocycles. The molecule has 0 bridgehead atoms. The summed E-state index contributed by atoms with van der Waals surface area (Å²) in [6, 6.07) is 15.6. The van der Waals surface area contributed by atoms with E-state index >= 15 is 4.39 Å². The predicted octanol–water partition coefficient (Wildman–Crippen LogP) is 13.0. The average molecular weight is 1680 g/mol. The first-order valence-electron chi connectivity index (χ1n) is 39.6. The summed E-state index contributed by atoms with van der Waals surface area (Å²) < 4.78 is 43.2. The van der Waals surface area contributed by atoms with E-state index < -0.39 is 29.2 Å². The first-order chi connectivity index (χ1) is 57.7. The number of nitrogens with one attached hydrogen (secondary N) is 7. The molecule has 7 N–H and O–H groups in total. The van der Waals surface area contributed by atoms with E-state index in [1.165, 1.54) is 63.0 Å². The van der Waals surface area contributed by atoms with Gasteiger partial charge in [0.2, 0.25) is 35.6 Å². The number of halogens is 3. The number of benzene rings is 4. The van der Waals surface area contributed by atoms with Crippen molar-refractivity contribution in [2.24, 2.45) is 0 Å². The van der Waals surface area contributed by atoms with E-state index in [4.69, 9.17) is 51.9 Å². The van der Waals surface area contributed by atoms with Crippen LogP contribution in [0, 0.1) is 17.1 Å². The van der Waals surface area contributed by atoms with E-state index in [0.29, 0.717) is 104 Å². The molecule has 630 valence electrons. The van der Waals surface area contributed by atoms with E-state index in [2.05, 4.69) is 87.9 Å². The molecule has 4 aromatic carbocycles. The van der Waals surface area contributed by atoms with E-state index in [1.807, 2.05) is 6.07 Å². The molecule has 7 heterocycles. The number of ether oxygens (including phenoxy) is 5. The SMILES string of the molecule is C=CC(=O)NC1COCC1Nc1ncc2c(n1)N(C)C(=O)N(c1cc(C(=O)Nc3cccc(C(C)(C)C#N)c3)ccc1Cl)C2.C=CC(=O)N[C@H]1CCCC[C@H]1Nc1ncc2c(n1)N(C)C(=O)N(c1c(Cl)c(OC)cc(OC)c1C1CC1)C2.C=CC(=O)N[C@H]1CCCC[C@H]1Nc1ncc2c(n1)N(C)C(=O)N(c1c(F)c(OC)cc(OC)c1C1CC1)C2. The Kier molecular flexibility index (Phi) is 26.2. The van der Waals surface area contributed by atoms with Gasteiger partial charge in [0.1, 0.15) is 39.7 Å². The van der Waals surface area contributed by atoms with Crippen LogP contribution in [-0.2, 0) is 44.2 Å². The van der Waals surface area contributed by atoms with Crippen LogP contribution in [-0.4, -0.2) is 171 Å². The summed E-state index contributed by atoms with van der Waals surface area (Å²) in [5, 5.41) is 31.7. The summed E-state index contributed by atoms with van der Waals surface area (Å²) in [5.74, 6) is 2.78. The molecule has 3 aromatic heterocycles. The number of amides is 10. The third-order valence-corrected chi connectivity index (χ3v) is 23.2. The molecule has 10 amide bonds. The summed E-state index contributed by atoms with van der Waals surface area (Å²) >= 11 is 13.3. The molecule has 6 atom stereocenters. The lowest BCUT2D eigenvalue weighted by Gasteiger charge is -2.36. The van der Waals surface area contributed by atoms with Gasteiger partial charge in [-0.25, -0.2) is 33.7 Å². The molecule has 15 rings (SSSR count). The minimum atomic E-state index is -0.720. The number of hydrogen-bond donors (Lipinski definition) is 7. The van der Waals surface area contributed by atoms with E-state index in [0.717, 1.165) is 93.7 Å².